The molecule has 2 aromatic heterocycles. The molecule has 0 aliphatic carbocycles. The van der Waals surface area contributed by atoms with E-state index < -0.39 is 0 Å². The second kappa shape index (κ2) is 7.11. The van der Waals surface area contributed by atoms with Gasteiger partial charge >= 0.3 is 0 Å². The van der Waals surface area contributed by atoms with Gasteiger partial charge in [-0.25, -0.2) is 9.97 Å². The molecule has 0 radical (unpaired) electrons. The highest BCUT2D eigenvalue weighted by atomic mass is 32.2. The summed E-state index contributed by atoms with van der Waals surface area (Å²) in [5.74, 6) is -0.251. The molecule has 0 saturated carbocycles. The molecule has 1 amide bonds. The van der Waals surface area contributed by atoms with Crippen LogP contribution in [0.3, 0.4) is 0 Å². The van der Waals surface area contributed by atoms with Crippen LogP contribution < -0.4 is 5.32 Å². The first-order valence-electron chi connectivity index (χ1n) is 7.32. The summed E-state index contributed by atoms with van der Waals surface area (Å²) in [4.78, 5) is 32.6. The van der Waals surface area contributed by atoms with E-state index in [-0.39, 0.29) is 16.9 Å². The van der Waals surface area contributed by atoms with E-state index in [1.807, 2.05) is 18.4 Å². The largest absolute Gasteiger partial charge is 0.324 e. The lowest BCUT2D eigenvalue weighted by atomic mass is 10.1. The number of thiophene rings is 1. The number of hydrogen-bond donors (Lipinski definition) is 1. The van der Waals surface area contributed by atoms with Gasteiger partial charge in [-0.2, -0.15) is 0 Å². The van der Waals surface area contributed by atoms with Gasteiger partial charge in [0.05, 0.1) is 21.2 Å². The predicted molar refractivity (Wildman–Crippen MR) is 97.8 cm³/mol. The van der Waals surface area contributed by atoms with Gasteiger partial charge in [0.15, 0.2) is 5.78 Å². The van der Waals surface area contributed by atoms with Gasteiger partial charge in [0.25, 0.3) is 0 Å². The summed E-state index contributed by atoms with van der Waals surface area (Å²) < 4.78 is 0.978. The molecule has 0 aliphatic heterocycles. The van der Waals surface area contributed by atoms with Crippen molar-refractivity contribution in [3.8, 4) is 0 Å². The lowest BCUT2D eigenvalue weighted by Gasteiger charge is -2.13. The molecule has 3 rings (SSSR count). The van der Waals surface area contributed by atoms with Crippen LogP contribution in [0.25, 0.3) is 10.2 Å². The number of thioether (sulfide) groups is 1. The Kier molecular flexibility index (Phi) is 4.92. The number of amides is 1. The topological polar surface area (TPSA) is 72.0 Å². The van der Waals surface area contributed by atoms with Crippen molar-refractivity contribution in [2.45, 2.75) is 24.1 Å². The number of rotatable bonds is 5. The predicted octanol–water partition coefficient (Wildman–Crippen LogP) is 4.01. The van der Waals surface area contributed by atoms with Crippen molar-refractivity contribution in [2.24, 2.45) is 0 Å². The summed E-state index contributed by atoms with van der Waals surface area (Å²) in [5.41, 5.74) is 1.92. The fourth-order valence-electron chi connectivity index (χ4n) is 2.20. The third-order valence-electron chi connectivity index (χ3n) is 3.43. The van der Waals surface area contributed by atoms with Crippen LogP contribution in [0.1, 0.15) is 24.2 Å². The average molecular weight is 357 g/mol. The van der Waals surface area contributed by atoms with E-state index in [1.54, 1.807) is 35.6 Å². The summed E-state index contributed by atoms with van der Waals surface area (Å²) in [5, 5.41) is 5.22. The molecule has 122 valence electrons. The Morgan fingerprint density at radius 1 is 1.21 bits per heavy atom. The standard InChI is InChI=1S/C17H15N3O2S2/c1-10(21)12-5-3-4-6-13(12)20-16(22)11(2)24-17-15-14(7-8-23-15)18-9-19-17/h3-9,11H,1-2H3,(H,20,22). The first-order valence-corrected chi connectivity index (χ1v) is 9.08. The third-order valence-corrected chi connectivity index (χ3v) is 5.57. The van der Waals surface area contributed by atoms with Gasteiger partial charge in [0, 0.05) is 5.56 Å². The second-order valence-corrected chi connectivity index (χ2v) is 7.41. The highest BCUT2D eigenvalue weighted by Crippen LogP contribution is 2.31. The van der Waals surface area contributed by atoms with Crippen molar-refractivity contribution < 1.29 is 9.59 Å². The summed E-state index contributed by atoms with van der Waals surface area (Å²) in [6, 6.07) is 8.93. The fraction of sp³-hybridized carbons (Fsp3) is 0.176. The number of benzene rings is 1. The molecule has 5 nitrogen and oxygen atoms in total. The lowest BCUT2D eigenvalue weighted by Crippen LogP contribution is -2.23. The molecule has 24 heavy (non-hydrogen) atoms. The second-order valence-electron chi connectivity index (χ2n) is 5.16. The van der Waals surface area contributed by atoms with Crippen LogP contribution in [0.2, 0.25) is 0 Å². The highest BCUT2D eigenvalue weighted by molar-refractivity contribution is 8.00. The number of Topliss-reactive ketones (excluding diaryl/α,β-unsaturated/α-hetero) is 1. The van der Waals surface area contributed by atoms with Crippen LogP contribution in [0.15, 0.2) is 47.1 Å². The molecule has 2 heterocycles. The van der Waals surface area contributed by atoms with Gasteiger partial charge in [-0.1, -0.05) is 23.9 Å². The van der Waals surface area contributed by atoms with E-state index >= 15 is 0 Å². The van der Waals surface area contributed by atoms with Crippen LogP contribution in [0.4, 0.5) is 5.69 Å². The van der Waals surface area contributed by atoms with Gasteiger partial charge in [0.2, 0.25) is 5.91 Å². The van der Waals surface area contributed by atoms with E-state index in [9.17, 15) is 9.59 Å². The van der Waals surface area contributed by atoms with E-state index in [1.165, 1.54) is 25.0 Å². The maximum atomic E-state index is 12.5. The number of hydrogen-bond acceptors (Lipinski definition) is 6. The summed E-state index contributed by atoms with van der Waals surface area (Å²) in [7, 11) is 0. The molecular formula is C17H15N3O2S2. The van der Waals surface area contributed by atoms with Crippen molar-refractivity contribution in [1.82, 2.24) is 9.97 Å². The molecule has 1 atom stereocenters. The van der Waals surface area contributed by atoms with E-state index in [2.05, 4.69) is 15.3 Å². The molecule has 1 unspecified atom stereocenters. The zero-order valence-corrected chi connectivity index (χ0v) is 14.8. The zero-order valence-electron chi connectivity index (χ0n) is 13.1. The Bertz CT molecular complexity index is 907. The normalized spacial score (nSPS) is 12.1. The van der Waals surface area contributed by atoms with Gasteiger partial charge in [0.1, 0.15) is 11.4 Å². The van der Waals surface area contributed by atoms with Crippen LogP contribution in [-0.2, 0) is 4.79 Å². The molecule has 1 aromatic carbocycles. The summed E-state index contributed by atoms with van der Waals surface area (Å²) in [6.07, 6.45) is 1.51. The van der Waals surface area contributed by atoms with E-state index in [4.69, 9.17) is 0 Å². The van der Waals surface area contributed by atoms with Crippen molar-refractivity contribution in [2.75, 3.05) is 5.32 Å². The van der Waals surface area contributed by atoms with Crippen LogP contribution in [0, 0.1) is 0 Å². The Morgan fingerprint density at radius 3 is 2.79 bits per heavy atom. The quantitative estimate of drug-likeness (QED) is 0.424. The van der Waals surface area contributed by atoms with Gasteiger partial charge in [-0.05, 0) is 37.4 Å². The molecule has 0 saturated heterocycles. The molecule has 0 spiro atoms. The van der Waals surface area contributed by atoms with Crippen LogP contribution >= 0.6 is 23.1 Å². The van der Waals surface area contributed by atoms with Gasteiger partial charge < -0.3 is 5.32 Å². The molecule has 3 aromatic rings. The number of anilines is 1. The minimum absolute atomic E-state index is 0.0812. The smallest absolute Gasteiger partial charge is 0.237 e. The zero-order chi connectivity index (χ0) is 17.1. The average Bonchev–Trinajstić information content (AvgIpc) is 3.04. The van der Waals surface area contributed by atoms with Crippen LogP contribution in [0.5, 0.6) is 0 Å². The fourth-order valence-corrected chi connectivity index (χ4v) is 4.04. The number of carbonyl (C=O) groups excluding carboxylic acids is 2. The van der Waals surface area contributed by atoms with E-state index in [0.29, 0.717) is 11.3 Å². The molecule has 7 heteroatoms. The maximum Gasteiger partial charge on any atom is 0.237 e. The van der Waals surface area contributed by atoms with Crippen molar-refractivity contribution in [1.29, 1.82) is 0 Å². The van der Waals surface area contributed by atoms with Crippen molar-refractivity contribution >= 4 is 50.7 Å². The third kappa shape index (κ3) is 3.47. The number of para-hydroxylation sites is 1. The van der Waals surface area contributed by atoms with Crippen molar-refractivity contribution in [3.63, 3.8) is 0 Å². The monoisotopic (exact) mass is 357 g/mol. The number of nitrogens with one attached hydrogen (secondary N) is 1. The number of fused-ring (bicyclic) bond motifs is 1. The van der Waals surface area contributed by atoms with Crippen molar-refractivity contribution in [3.05, 3.63) is 47.6 Å². The number of aromatic nitrogens is 2. The van der Waals surface area contributed by atoms with Gasteiger partial charge in [-0.3, -0.25) is 9.59 Å². The molecule has 1 N–H and O–H groups in total. The molecule has 0 fully saturated rings. The van der Waals surface area contributed by atoms with E-state index in [0.717, 1.165) is 15.2 Å². The van der Waals surface area contributed by atoms with Gasteiger partial charge in [-0.15, -0.1) is 11.3 Å². The first kappa shape index (κ1) is 16.6. The maximum absolute atomic E-state index is 12.5. The molecular weight excluding hydrogens is 342 g/mol. The van der Waals surface area contributed by atoms with Crippen LogP contribution in [-0.4, -0.2) is 26.9 Å². The number of carbonyl (C=O) groups is 2. The summed E-state index contributed by atoms with van der Waals surface area (Å²) >= 11 is 2.94. The Hall–Kier alpha value is -2.25. The minimum atomic E-state index is -0.356. The first-order chi connectivity index (χ1) is 11.6. The lowest BCUT2D eigenvalue weighted by molar-refractivity contribution is -0.115. The number of ketones is 1. The molecule has 0 aliphatic rings. The Morgan fingerprint density at radius 2 is 2.00 bits per heavy atom. The number of nitrogens with zero attached hydrogens (tertiary/aromatic N) is 2. The SMILES string of the molecule is CC(=O)c1ccccc1NC(=O)C(C)Sc1ncnc2ccsc12. The minimum Gasteiger partial charge on any atom is -0.324 e. The summed E-state index contributed by atoms with van der Waals surface area (Å²) in [6.45, 7) is 3.30. The molecule has 0 bridgehead atoms. The Labute approximate surface area is 147 Å². The highest BCUT2D eigenvalue weighted by Gasteiger charge is 2.19. The Balaban J connectivity index is 1.76.